The van der Waals surface area contributed by atoms with E-state index in [1.54, 1.807) is 19.1 Å². The van der Waals surface area contributed by atoms with Crippen LogP contribution in [0.15, 0.2) is 56.6 Å². The number of furan rings is 2. The molecule has 0 atom stereocenters. The highest BCUT2D eigenvalue weighted by Gasteiger charge is 2.28. The normalized spacial score (nSPS) is 14.5. The van der Waals surface area contributed by atoms with Crippen molar-refractivity contribution in [2.75, 3.05) is 5.32 Å². The molecule has 7 nitrogen and oxygen atoms in total. The van der Waals surface area contributed by atoms with Crippen molar-refractivity contribution >= 4 is 23.2 Å². The van der Waals surface area contributed by atoms with E-state index >= 15 is 0 Å². The van der Waals surface area contributed by atoms with Crippen molar-refractivity contribution in [1.29, 1.82) is 0 Å². The fourth-order valence-corrected chi connectivity index (χ4v) is 3.30. The van der Waals surface area contributed by atoms with Crippen molar-refractivity contribution in [1.82, 2.24) is 5.43 Å². The van der Waals surface area contributed by atoms with Crippen molar-refractivity contribution in [3.05, 3.63) is 76.9 Å². The van der Waals surface area contributed by atoms with Crippen LogP contribution >= 0.6 is 0 Å². The molecule has 0 saturated heterocycles. The Bertz CT molecular complexity index is 1080. The molecular weight excluding hydrogens is 377 g/mol. The van der Waals surface area contributed by atoms with E-state index in [0.717, 1.165) is 12.0 Å². The number of aryl methyl sites for hydroxylation is 1. The van der Waals surface area contributed by atoms with Gasteiger partial charge in [0.25, 0.3) is 5.91 Å². The third-order valence-electron chi connectivity index (χ3n) is 4.67. The molecule has 4 rings (SSSR count). The molecule has 0 aliphatic heterocycles. The van der Waals surface area contributed by atoms with Crippen molar-refractivity contribution in [2.45, 2.75) is 26.2 Å². The average molecular weight is 395 g/mol. The van der Waals surface area contributed by atoms with Crippen LogP contribution in [0.3, 0.4) is 0 Å². The lowest BCUT2D eigenvalue weighted by atomic mass is 9.93. The van der Waals surface area contributed by atoms with Crippen LogP contribution in [0.4, 0.5) is 10.1 Å². The van der Waals surface area contributed by atoms with Crippen LogP contribution in [0.2, 0.25) is 0 Å². The number of carbonyl (C=O) groups is 2. The lowest BCUT2D eigenvalue weighted by molar-refractivity contribution is 0.0926. The molecule has 1 aromatic carbocycles. The molecule has 148 valence electrons. The molecule has 2 amide bonds. The Balaban J connectivity index is 1.57. The number of nitrogens with zero attached hydrogens (tertiary/aromatic N) is 1. The number of hydrogen-bond acceptors (Lipinski definition) is 5. The van der Waals surface area contributed by atoms with Gasteiger partial charge in [0, 0.05) is 23.2 Å². The molecule has 0 bridgehead atoms. The van der Waals surface area contributed by atoms with Gasteiger partial charge in [-0.3, -0.25) is 9.59 Å². The van der Waals surface area contributed by atoms with Gasteiger partial charge in [0.15, 0.2) is 11.5 Å². The summed E-state index contributed by atoms with van der Waals surface area (Å²) in [6.45, 7) is 1.77. The Morgan fingerprint density at radius 2 is 1.90 bits per heavy atom. The zero-order valence-corrected chi connectivity index (χ0v) is 15.6. The van der Waals surface area contributed by atoms with E-state index in [4.69, 9.17) is 8.83 Å². The van der Waals surface area contributed by atoms with E-state index in [0.29, 0.717) is 35.6 Å². The Labute approximate surface area is 165 Å². The van der Waals surface area contributed by atoms with Gasteiger partial charge in [-0.25, -0.2) is 9.82 Å². The quantitative estimate of drug-likeness (QED) is 0.652. The predicted octanol–water partition coefficient (Wildman–Crippen LogP) is 4.04. The van der Waals surface area contributed by atoms with E-state index in [9.17, 15) is 14.0 Å². The first-order valence-electron chi connectivity index (χ1n) is 9.13. The van der Waals surface area contributed by atoms with E-state index in [-0.39, 0.29) is 17.3 Å². The first kappa shape index (κ1) is 18.7. The second-order valence-corrected chi connectivity index (χ2v) is 6.65. The number of carbonyl (C=O) groups excluding carboxylic acids is 2. The van der Waals surface area contributed by atoms with Gasteiger partial charge in [-0.15, -0.1) is 0 Å². The van der Waals surface area contributed by atoms with Crippen LogP contribution in [0.25, 0.3) is 0 Å². The molecule has 0 unspecified atom stereocenters. The van der Waals surface area contributed by atoms with Crippen LogP contribution in [0, 0.1) is 12.7 Å². The number of halogens is 1. The van der Waals surface area contributed by atoms with Gasteiger partial charge in [-0.05, 0) is 56.2 Å². The number of fused-ring (bicyclic) bond motifs is 1. The lowest BCUT2D eigenvalue weighted by Crippen LogP contribution is -2.21. The molecular formula is C21H18FN3O4. The SMILES string of the molecule is Cc1c(C(=O)Nc2ccc(F)cc2)oc2c1/C(=N/NC(=O)c1ccco1)CCC2. The van der Waals surface area contributed by atoms with E-state index in [1.165, 1.54) is 30.5 Å². The number of rotatable bonds is 4. The van der Waals surface area contributed by atoms with Crippen molar-refractivity contribution in [3.8, 4) is 0 Å². The number of amides is 2. The highest BCUT2D eigenvalue weighted by molar-refractivity contribution is 6.09. The molecule has 1 aliphatic rings. The van der Waals surface area contributed by atoms with Crippen LogP contribution < -0.4 is 10.7 Å². The Hall–Kier alpha value is -3.68. The van der Waals surface area contributed by atoms with Crippen LogP contribution in [-0.2, 0) is 6.42 Å². The molecule has 1 aliphatic carbocycles. The molecule has 3 aromatic rings. The third kappa shape index (κ3) is 3.82. The number of hydrazone groups is 1. The summed E-state index contributed by atoms with van der Waals surface area (Å²) in [5, 5.41) is 6.93. The van der Waals surface area contributed by atoms with Crippen molar-refractivity contribution < 1.29 is 22.8 Å². The minimum Gasteiger partial charge on any atom is -0.459 e. The summed E-state index contributed by atoms with van der Waals surface area (Å²) in [6.07, 6.45) is 3.51. The predicted molar refractivity (Wildman–Crippen MR) is 103 cm³/mol. The van der Waals surface area contributed by atoms with Gasteiger partial charge in [-0.2, -0.15) is 5.10 Å². The Morgan fingerprint density at radius 1 is 1.10 bits per heavy atom. The van der Waals surface area contributed by atoms with E-state index < -0.39 is 11.8 Å². The molecule has 0 spiro atoms. The Kier molecular flexibility index (Phi) is 4.99. The first-order chi connectivity index (χ1) is 14.0. The average Bonchev–Trinajstić information content (AvgIpc) is 3.37. The zero-order valence-electron chi connectivity index (χ0n) is 15.6. The lowest BCUT2D eigenvalue weighted by Gasteiger charge is -2.13. The summed E-state index contributed by atoms with van der Waals surface area (Å²) < 4.78 is 23.9. The summed E-state index contributed by atoms with van der Waals surface area (Å²) in [6, 6.07) is 8.64. The van der Waals surface area contributed by atoms with Crippen molar-refractivity contribution in [3.63, 3.8) is 0 Å². The topological polar surface area (TPSA) is 96.8 Å². The number of nitrogens with one attached hydrogen (secondary N) is 2. The largest absolute Gasteiger partial charge is 0.459 e. The minimum absolute atomic E-state index is 0.161. The molecule has 0 radical (unpaired) electrons. The van der Waals surface area contributed by atoms with E-state index in [1.807, 2.05) is 0 Å². The molecule has 0 fully saturated rings. The minimum atomic E-state index is -0.454. The Morgan fingerprint density at radius 3 is 2.62 bits per heavy atom. The van der Waals surface area contributed by atoms with Crippen LogP contribution in [-0.4, -0.2) is 17.5 Å². The highest BCUT2D eigenvalue weighted by atomic mass is 19.1. The fraction of sp³-hybridized carbons (Fsp3) is 0.190. The second kappa shape index (κ2) is 7.75. The summed E-state index contributed by atoms with van der Waals surface area (Å²) >= 11 is 0. The number of hydrogen-bond donors (Lipinski definition) is 2. The molecule has 0 saturated carbocycles. The standard InChI is InChI=1S/C21H18FN3O4/c1-12-18-15(24-25-20(26)17-6-3-11-28-17)4-2-5-16(18)29-19(12)21(27)23-14-9-7-13(22)8-10-14/h3,6-11H,2,4-5H2,1H3,(H,23,27)(H,25,26)/b24-15+. The van der Waals surface area contributed by atoms with Crippen molar-refractivity contribution in [2.24, 2.45) is 5.10 Å². The molecule has 8 heteroatoms. The molecule has 2 heterocycles. The van der Waals surface area contributed by atoms with Gasteiger partial charge in [-0.1, -0.05) is 0 Å². The maximum absolute atomic E-state index is 13.0. The summed E-state index contributed by atoms with van der Waals surface area (Å²) in [7, 11) is 0. The molecule has 29 heavy (non-hydrogen) atoms. The number of benzene rings is 1. The summed E-state index contributed by atoms with van der Waals surface area (Å²) in [5.41, 5.74) is 4.97. The second-order valence-electron chi connectivity index (χ2n) is 6.65. The highest BCUT2D eigenvalue weighted by Crippen LogP contribution is 2.30. The van der Waals surface area contributed by atoms with Crippen LogP contribution in [0.5, 0.6) is 0 Å². The third-order valence-corrected chi connectivity index (χ3v) is 4.67. The van der Waals surface area contributed by atoms with Gasteiger partial charge in [0.2, 0.25) is 0 Å². The van der Waals surface area contributed by atoms with E-state index in [2.05, 4.69) is 15.8 Å². The smallest absolute Gasteiger partial charge is 0.307 e. The number of anilines is 1. The monoisotopic (exact) mass is 395 g/mol. The molecule has 2 N–H and O–H groups in total. The summed E-state index contributed by atoms with van der Waals surface area (Å²) in [4.78, 5) is 24.7. The maximum atomic E-state index is 13.0. The van der Waals surface area contributed by atoms with Crippen LogP contribution in [0.1, 0.15) is 50.8 Å². The van der Waals surface area contributed by atoms with Gasteiger partial charge in [0.05, 0.1) is 12.0 Å². The van der Waals surface area contributed by atoms with Gasteiger partial charge < -0.3 is 14.2 Å². The van der Waals surface area contributed by atoms with Gasteiger partial charge >= 0.3 is 5.91 Å². The fourth-order valence-electron chi connectivity index (χ4n) is 3.30. The maximum Gasteiger partial charge on any atom is 0.307 e. The van der Waals surface area contributed by atoms with Gasteiger partial charge in [0.1, 0.15) is 11.6 Å². The zero-order chi connectivity index (χ0) is 20.4. The summed E-state index contributed by atoms with van der Waals surface area (Å²) in [5.74, 6) is -0.276. The molecule has 2 aromatic heterocycles. The first-order valence-corrected chi connectivity index (χ1v) is 9.13.